The number of esters is 2. The van der Waals surface area contributed by atoms with Gasteiger partial charge >= 0.3 is 11.9 Å². The van der Waals surface area contributed by atoms with Crippen molar-refractivity contribution in [2.24, 2.45) is 27.6 Å². The maximum absolute atomic E-state index is 13.8. The van der Waals surface area contributed by atoms with Crippen LogP contribution in [0.5, 0.6) is 0 Å². The molecule has 2 saturated carbocycles. The lowest BCUT2D eigenvalue weighted by atomic mass is 9.44. The predicted molar refractivity (Wildman–Crippen MR) is 158 cm³/mol. The van der Waals surface area contributed by atoms with Gasteiger partial charge in [0.05, 0.1) is 36.0 Å². The Labute approximate surface area is 254 Å². The second-order valence-corrected chi connectivity index (χ2v) is 13.2. The quantitative estimate of drug-likeness (QED) is 0.120. The zero-order valence-electron chi connectivity index (χ0n) is 24.7. The van der Waals surface area contributed by atoms with Gasteiger partial charge in [-0.15, -0.1) is 0 Å². The minimum atomic E-state index is -2.05. The van der Waals surface area contributed by atoms with Crippen molar-refractivity contribution in [1.82, 2.24) is 5.43 Å². The molecule has 0 amide bonds. The molecule has 0 radical (unpaired) electrons. The van der Waals surface area contributed by atoms with Gasteiger partial charge < -0.3 is 40.4 Å². The molecule has 5 rings (SSSR count). The number of thiocarbonyl (C=S) groups is 1. The molecule has 1 aliphatic heterocycles. The molecular formula is C30H39N3O9S. The summed E-state index contributed by atoms with van der Waals surface area (Å²) in [7, 11) is 0. The summed E-state index contributed by atoms with van der Waals surface area (Å²) < 4.78 is 18.1. The van der Waals surface area contributed by atoms with E-state index in [0.717, 1.165) is 0 Å². The maximum atomic E-state index is 13.8. The van der Waals surface area contributed by atoms with Gasteiger partial charge in [-0.3, -0.25) is 10.2 Å². The van der Waals surface area contributed by atoms with Crippen LogP contribution >= 0.6 is 12.2 Å². The summed E-state index contributed by atoms with van der Waals surface area (Å²) in [6.07, 6.45) is -6.79. The lowest BCUT2D eigenvalue weighted by Crippen LogP contribution is -2.81. The minimum absolute atomic E-state index is 0.0269. The lowest BCUT2D eigenvalue weighted by Gasteiger charge is -2.68. The molecule has 1 saturated heterocycles. The summed E-state index contributed by atoms with van der Waals surface area (Å²) >= 11 is 5.00. The van der Waals surface area contributed by atoms with Gasteiger partial charge in [0, 0.05) is 30.6 Å². The number of carbonyl (C=O) groups excluding carboxylic acids is 2. The van der Waals surface area contributed by atoms with E-state index in [1.165, 1.54) is 6.92 Å². The van der Waals surface area contributed by atoms with Crippen LogP contribution in [0.25, 0.3) is 0 Å². The van der Waals surface area contributed by atoms with Gasteiger partial charge in [0.25, 0.3) is 0 Å². The number of nitrogens with one attached hydrogen (secondary N) is 1. The first-order valence-electron chi connectivity index (χ1n) is 14.2. The number of hydrogen-bond acceptors (Lipinski definition) is 11. The average molecular weight is 618 g/mol. The van der Waals surface area contributed by atoms with Crippen LogP contribution in [0.2, 0.25) is 0 Å². The van der Waals surface area contributed by atoms with Crippen molar-refractivity contribution in [2.45, 2.75) is 89.2 Å². The number of nitrogens with two attached hydrogens (primary N) is 1. The highest BCUT2D eigenvalue weighted by Gasteiger charge is 2.77. The van der Waals surface area contributed by atoms with E-state index in [4.69, 9.17) is 32.2 Å². The van der Waals surface area contributed by atoms with Crippen molar-refractivity contribution in [1.29, 1.82) is 0 Å². The Kier molecular flexibility index (Phi) is 7.76. The highest BCUT2D eigenvalue weighted by Crippen LogP contribution is 2.64. The van der Waals surface area contributed by atoms with E-state index in [-0.39, 0.29) is 41.4 Å². The summed E-state index contributed by atoms with van der Waals surface area (Å²) in [6.45, 7) is 7.69. The highest BCUT2D eigenvalue weighted by molar-refractivity contribution is 7.80. The smallest absolute Gasteiger partial charge is 0.338 e. The molecule has 0 spiro atoms. The Bertz CT molecular complexity index is 1400. The number of carbonyl (C=O) groups is 2. The number of aliphatic hydroxyl groups is 4. The molecule has 3 fully saturated rings. The Hall–Kier alpha value is -2.94. The van der Waals surface area contributed by atoms with Crippen LogP contribution in [0.4, 0.5) is 0 Å². The van der Waals surface area contributed by atoms with Crippen LogP contribution in [0, 0.1) is 16.7 Å². The van der Waals surface area contributed by atoms with Crippen molar-refractivity contribution in [3.63, 3.8) is 0 Å². The van der Waals surface area contributed by atoms with Gasteiger partial charge in [-0.25, -0.2) is 4.79 Å². The summed E-state index contributed by atoms with van der Waals surface area (Å²) in [6, 6.07) is 8.17. The second-order valence-electron chi connectivity index (χ2n) is 12.8. The molecule has 7 N–H and O–H groups in total. The Morgan fingerprint density at radius 3 is 2.37 bits per heavy atom. The third-order valence-electron chi connectivity index (χ3n) is 10.3. The van der Waals surface area contributed by atoms with E-state index in [1.807, 2.05) is 0 Å². The van der Waals surface area contributed by atoms with Gasteiger partial charge in [0.2, 0.25) is 0 Å². The van der Waals surface area contributed by atoms with Gasteiger partial charge in [-0.05, 0) is 42.4 Å². The summed E-state index contributed by atoms with van der Waals surface area (Å²) in [5.41, 5.74) is 2.46. The fourth-order valence-electron chi connectivity index (χ4n) is 7.98. The molecule has 0 aromatic heterocycles. The maximum Gasteiger partial charge on any atom is 0.338 e. The molecule has 13 heteroatoms. The lowest BCUT2D eigenvalue weighted by molar-refractivity contribution is -0.341. The van der Waals surface area contributed by atoms with E-state index >= 15 is 0 Å². The first-order valence-corrected chi connectivity index (χ1v) is 14.6. The minimum Gasteiger partial charge on any atom is -0.455 e. The number of ether oxygens (including phenoxy) is 3. The van der Waals surface area contributed by atoms with E-state index in [0.29, 0.717) is 5.57 Å². The van der Waals surface area contributed by atoms with Gasteiger partial charge in [-0.1, -0.05) is 39.0 Å². The number of nitrogens with zero attached hydrogens (tertiary/aromatic N) is 1. The molecule has 234 valence electrons. The third-order valence-corrected chi connectivity index (χ3v) is 10.4. The fraction of sp³-hybridized carbons (Fsp3) is 0.600. The molecule has 0 unspecified atom stereocenters. The molecule has 43 heavy (non-hydrogen) atoms. The van der Waals surface area contributed by atoms with Crippen LogP contribution in [0.15, 0.2) is 46.6 Å². The summed E-state index contributed by atoms with van der Waals surface area (Å²) in [5, 5.41) is 52.4. The van der Waals surface area contributed by atoms with Crippen LogP contribution in [-0.2, 0) is 19.0 Å². The predicted octanol–water partition coefficient (Wildman–Crippen LogP) is 0.702. The molecule has 9 atom stereocenters. The Morgan fingerprint density at radius 1 is 1.16 bits per heavy atom. The number of benzene rings is 1. The van der Waals surface area contributed by atoms with Crippen molar-refractivity contribution in [3.8, 4) is 0 Å². The van der Waals surface area contributed by atoms with Crippen molar-refractivity contribution >= 4 is 35.0 Å². The van der Waals surface area contributed by atoms with E-state index in [9.17, 15) is 30.0 Å². The van der Waals surface area contributed by atoms with Crippen LogP contribution in [0.1, 0.15) is 57.8 Å². The average Bonchev–Trinajstić information content (AvgIpc) is 2.92. The molecule has 1 aromatic carbocycles. The molecule has 1 aromatic rings. The first kappa shape index (κ1) is 31.5. The van der Waals surface area contributed by atoms with E-state index in [2.05, 4.69) is 10.5 Å². The van der Waals surface area contributed by atoms with Crippen LogP contribution in [0.3, 0.4) is 0 Å². The number of aliphatic hydroxyl groups excluding tert-OH is 3. The van der Waals surface area contributed by atoms with E-state index in [1.54, 1.807) is 58.0 Å². The zero-order valence-corrected chi connectivity index (χ0v) is 25.6. The topological polar surface area (TPSA) is 193 Å². The van der Waals surface area contributed by atoms with Gasteiger partial charge in [-0.2, -0.15) is 5.10 Å². The van der Waals surface area contributed by atoms with Crippen LogP contribution < -0.4 is 11.2 Å². The zero-order chi connectivity index (χ0) is 31.7. The number of rotatable bonds is 4. The molecule has 1 heterocycles. The first-order chi connectivity index (χ1) is 20.0. The second kappa shape index (κ2) is 10.6. The Morgan fingerprint density at radius 2 is 1.81 bits per heavy atom. The standard InChI is InChI=1S/C30H39N3O9S/c1-14-17(35)12-30(39)24(41-25(38)16-9-7-6-8-10-16)22-28(5,18(36)11-19-29(22,13-40-19)42-15(2)34)23(32-33-26(31)43)21(37)20(14)27(30,3)4/h6-10,17-19,21-22,24,35-37,39H,11-13H2,1-5H3,(H3,31,33,43)/b32-23-/t17-,18-,19+,21+,22-,24-,28+,29-,30+/m0/s1. The summed E-state index contributed by atoms with van der Waals surface area (Å²) in [4.78, 5) is 26.4. The number of fused-ring (bicyclic) bond motifs is 5. The Balaban J connectivity index is 1.87. The molecular weight excluding hydrogens is 578 g/mol. The molecule has 3 aliphatic carbocycles. The summed E-state index contributed by atoms with van der Waals surface area (Å²) in [5.74, 6) is -2.68. The highest BCUT2D eigenvalue weighted by atomic mass is 32.1. The normalized spacial score (nSPS) is 40.6. The van der Waals surface area contributed by atoms with Crippen molar-refractivity contribution in [3.05, 3.63) is 47.0 Å². The number of hydrazone groups is 1. The van der Waals surface area contributed by atoms with Gasteiger partial charge in [0.15, 0.2) is 10.7 Å². The molecule has 12 nitrogen and oxygen atoms in total. The fourth-order valence-corrected chi connectivity index (χ4v) is 8.02. The number of hydrogen-bond donors (Lipinski definition) is 6. The monoisotopic (exact) mass is 617 g/mol. The molecule has 4 aliphatic rings. The van der Waals surface area contributed by atoms with Gasteiger partial charge in [0.1, 0.15) is 23.9 Å². The molecule has 2 bridgehead atoms. The van der Waals surface area contributed by atoms with Crippen LogP contribution in [-0.4, -0.2) is 91.5 Å². The largest absolute Gasteiger partial charge is 0.455 e. The third kappa shape index (κ3) is 4.51. The van der Waals surface area contributed by atoms with Crippen molar-refractivity contribution < 1.29 is 44.2 Å². The SMILES string of the molecule is CC(=O)O[C@@]12CO[C@@H]1C[C@H](O)[C@@]1(C)/C(=N\NC(N)=S)[C@H](O)C3=C(C)[C@@H](O)C[C@@](O)([C@@H](OC(=O)c4ccccc4)[C@H]21)C3(C)C. The van der Waals surface area contributed by atoms with Crippen molar-refractivity contribution in [2.75, 3.05) is 6.61 Å². The van der Waals surface area contributed by atoms with E-state index < -0.39 is 70.4 Å².